The first-order valence-electron chi connectivity index (χ1n) is 9.79. The maximum atomic E-state index is 12.9. The van der Waals surface area contributed by atoms with Gasteiger partial charge >= 0.3 is 0 Å². The predicted octanol–water partition coefficient (Wildman–Crippen LogP) is 1.33. The average molecular weight is 383 g/mol. The molecule has 1 atom stereocenters. The number of carbonyl (C=O) groups is 2. The highest BCUT2D eigenvalue weighted by Gasteiger charge is 2.28. The van der Waals surface area contributed by atoms with Crippen molar-refractivity contribution in [2.45, 2.75) is 45.2 Å². The minimum atomic E-state index is -0.0244. The van der Waals surface area contributed by atoms with Crippen molar-refractivity contribution in [1.29, 1.82) is 0 Å². The Morgan fingerprint density at radius 1 is 1.21 bits per heavy atom. The molecule has 0 spiro atoms. The molecule has 2 aliphatic rings. The minimum absolute atomic E-state index is 0.0115. The summed E-state index contributed by atoms with van der Waals surface area (Å²) in [4.78, 5) is 26.9. The Kier molecular flexibility index (Phi) is 5.27. The van der Waals surface area contributed by atoms with Gasteiger partial charge in [-0.25, -0.2) is 4.68 Å². The molecule has 2 aromatic rings. The van der Waals surface area contributed by atoms with Crippen molar-refractivity contribution < 1.29 is 14.3 Å². The number of fused-ring (bicyclic) bond motifs is 6. The van der Waals surface area contributed by atoms with E-state index in [1.165, 1.54) is 0 Å². The Morgan fingerprint density at radius 2 is 2.11 bits per heavy atom. The molecule has 2 aliphatic heterocycles. The van der Waals surface area contributed by atoms with E-state index < -0.39 is 0 Å². The van der Waals surface area contributed by atoms with E-state index >= 15 is 0 Å². The molecule has 1 N–H and O–H groups in total. The largest absolute Gasteiger partial charge is 0.491 e. The van der Waals surface area contributed by atoms with Gasteiger partial charge in [0.2, 0.25) is 5.91 Å². The second-order valence-corrected chi connectivity index (χ2v) is 7.46. The number of rotatable bonds is 0. The number of hydrogen-bond donors (Lipinski definition) is 1. The molecule has 3 heterocycles. The van der Waals surface area contributed by atoms with E-state index in [1.807, 2.05) is 25.3 Å². The van der Waals surface area contributed by atoms with E-state index in [2.05, 4.69) is 15.6 Å². The highest BCUT2D eigenvalue weighted by molar-refractivity contribution is 5.95. The third-order valence-electron chi connectivity index (χ3n) is 5.28. The molecular weight excluding hydrogens is 358 g/mol. The molecule has 6 bridgehead atoms. The second-order valence-electron chi connectivity index (χ2n) is 7.46. The van der Waals surface area contributed by atoms with Gasteiger partial charge in [-0.3, -0.25) is 9.59 Å². The number of benzene rings is 1. The van der Waals surface area contributed by atoms with Gasteiger partial charge in [-0.2, -0.15) is 0 Å². The van der Waals surface area contributed by atoms with Crippen LogP contribution in [0.1, 0.15) is 40.9 Å². The summed E-state index contributed by atoms with van der Waals surface area (Å²) < 4.78 is 7.66. The molecule has 8 heteroatoms. The monoisotopic (exact) mass is 383 g/mol. The summed E-state index contributed by atoms with van der Waals surface area (Å²) in [6, 6.07) is 5.55. The first-order valence-corrected chi connectivity index (χ1v) is 9.79. The third-order valence-corrected chi connectivity index (χ3v) is 5.28. The number of hydrogen-bond acceptors (Lipinski definition) is 5. The molecule has 28 heavy (non-hydrogen) atoms. The van der Waals surface area contributed by atoms with E-state index in [1.54, 1.807) is 15.6 Å². The van der Waals surface area contributed by atoms with Gasteiger partial charge in [-0.1, -0.05) is 11.3 Å². The van der Waals surface area contributed by atoms with Gasteiger partial charge < -0.3 is 15.0 Å². The van der Waals surface area contributed by atoms with Crippen molar-refractivity contribution >= 4 is 11.8 Å². The predicted molar refractivity (Wildman–Crippen MR) is 102 cm³/mol. The molecule has 2 amide bonds. The Bertz CT molecular complexity index is 878. The van der Waals surface area contributed by atoms with Gasteiger partial charge in [0.15, 0.2) is 0 Å². The molecule has 1 unspecified atom stereocenters. The van der Waals surface area contributed by atoms with Crippen LogP contribution in [-0.2, 0) is 17.8 Å². The lowest BCUT2D eigenvalue weighted by Crippen LogP contribution is -2.38. The van der Waals surface area contributed by atoms with Crippen molar-refractivity contribution in [3.63, 3.8) is 0 Å². The molecule has 4 rings (SSSR count). The summed E-state index contributed by atoms with van der Waals surface area (Å²) >= 11 is 0. The minimum Gasteiger partial charge on any atom is -0.491 e. The van der Waals surface area contributed by atoms with E-state index in [-0.39, 0.29) is 17.9 Å². The van der Waals surface area contributed by atoms with Crippen molar-refractivity contribution in [3.8, 4) is 5.75 Å². The van der Waals surface area contributed by atoms with Crippen LogP contribution in [0.5, 0.6) is 5.75 Å². The molecule has 0 saturated carbocycles. The molecule has 148 valence electrons. The van der Waals surface area contributed by atoms with Crippen LogP contribution >= 0.6 is 0 Å². The van der Waals surface area contributed by atoms with E-state index in [4.69, 9.17) is 4.74 Å². The maximum Gasteiger partial charge on any atom is 0.254 e. The lowest BCUT2D eigenvalue weighted by Gasteiger charge is -2.18. The van der Waals surface area contributed by atoms with Crippen LogP contribution in [0.3, 0.4) is 0 Å². The first-order chi connectivity index (χ1) is 13.6. The summed E-state index contributed by atoms with van der Waals surface area (Å²) in [5.41, 5.74) is 2.47. The molecule has 0 radical (unpaired) electrons. The molecule has 1 fully saturated rings. The van der Waals surface area contributed by atoms with Crippen LogP contribution in [0.4, 0.5) is 0 Å². The van der Waals surface area contributed by atoms with E-state index in [0.717, 1.165) is 24.1 Å². The average Bonchev–Trinajstić information content (AvgIpc) is 3.32. The fraction of sp³-hybridized carbons (Fsp3) is 0.500. The van der Waals surface area contributed by atoms with Gasteiger partial charge in [-0.05, 0) is 43.9 Å². The quantitative estimate of drug-likeness (QED) is 0.741. The van der Waals surface area contributed by atoms with Crippen molar-refractivity contribution in [2.24, 2.45) is 0 Å². The van der Waals surface area contributed by atoms with Gasteiger partial charge in [0, 0.05) is 37.3 Å². The van der Waals surface area contributed by atoms with Gasteiger partial charge in [0.25, 0.3) is 5.91 Å². The zero-order valence-electron chi connectivity index (χ0n) is 16.1. The SMILES string of the molecule is Cc1ccc2cc1OCCn1cc(nn1)CCCC(=O)NC1CCN(C1)C2=O. The Morgan fingerprint density at radius 3 is 3.00 bits per heavy atom. The highest BCUT2D eigenvalue weighted by Crippen LogP contribution is 2.22. The lowest BCUT2D eigenvalue weighted by molar-refractivity contribution is -0.121. The number of amides is 2. The molecule has 8 nitrogen and oxygen atoms in total. The zero-order chi connectivity index (χ0) is 19.5. The van der Waals surface area contributed by atoms with Gasteiger partial charge in [0.05, 0.1) is 12.2 Å². The smallest absolute Gasteiger partial charge is 0.254 e. The molecular formula is C20H25N5O3. The van der Waals surface area contributed by atoms with Crippen molar-refractivity contribution in [2.75, 3.05) is 19.7 Å². The van der Waals surface area contributed by atoms with Crippen LogP contribution in [0.25, 0.3) is 0 Å². The fourth-order valence-electron chi connectivity index (χ4n) is 3.68. The normalized spacial score (nSPS) is 20.9. The summed E-state index contributed by atoms with van der Waals surface area (Å²) in [5, 5.41) is 11.3. The lowest BCUT2D eigenvalue weighted by atomic mass is 10.1. The second kappa shape index (κ2) is 8.00. The maximum absolute atomic E-state index is 12.9. The number of carbonyl (C=O) groups excluding carboxylic acids is 2. The third kappa shape index (κ3) is 4.16. The molecule has 1 saturated heterocycles. The summed E-state index contributed by atoms with van der Waals surface area (Å²) in [6.07, 6.45) is 4.56. The first kappa shape index (κ1) is 18.5. The number of aromatic nitrogens is 3. The summed E-state index contributed by atoms with van der Waals surface area (Å²) in [6.45, 7) is 4.16. The van der Waals surface area contributed by atoms with Gasteiger partial charge in [0.1, 0.15) is 12.4 Å². The van der Waals surface area contributed by atoms with Crippen molar-refractivity contribution in [1.82, 2.24) is 25.2 Å². The Labute approximate surface area is 163 Å². The number of aryl methyl sites for hydroxylation is 2. The Balaban J connectivity index is 1.55. The van der Waals surface area contributed by atoms with Crippen LogP contribution in [0, 0.1) is 6.92 Å². The molecule has 0 aliphatic carbocycles. The Hall–Kier alpha value is -2.90. The van der Waals surface area contributed by atoms with Gasteiger partial charge in [-0.15, -0.1) is 5.10 Å². The number of ether oxygens (including phenoxy) is 1. The number of nitrogens with one attached hydrogen (secondary N) is 1. The van der Waals surface area contributed by atoms with Crippen molar-refractivity contribution in [3.05, 3.63) is 41.2 Å². The van der Waals surface area contributed by atoms with E-state index in [9.17, 15) is 9.59 Å². The van der Waals surface area contributed by atoms with Crippen LogP contribution in [-0.4, -0.2) is 57.4 Å². The zero-order valence-corrected chi connectivity index (χ0v) is 16.1. The standard InChI is InChI=1S/C20H25N5O3/c1-14-5-6-15-11-18(14)28-10-9-25-13-17(22-23-25)3-2-4-19(26)21-16-7-8-24(12-16)20(15)27/h5-6,11,13,16H,2-4,7-10,12H2,1H3,(H,21,26). The van der Waals surface area contributed by atoms with Crippen LogP contribution in [0.2, 0.25) is 0 Å². The van der Waals surface area contributed by atoms with Crippen LogP contribution in [0.15, 0.2) is 24.4 Å². The highest BCUT2D eigenvalue weighted by atomic mass is 16.5. The fourth-order valence-corrected chi connectivity index (χ4v) is 3.68. The summed E-state index contributed by atoms with van der Waals surface area (Å²) in [7, 11) is 0. The van der Waals surface area contributed by atoms with Crippen LogP contribution < -0.4 is 10.1 Å². The summed E-state index contributed by atoms with van der Waals surface area (Å²) in [5.74, 6) is 0.707. The molecule has 1 aromatic heterocycles. The topological polar surface area (TPSA) is 89.3 Å². The van der Waals surface area contributed by atoms with E-state index in [0.29, 0.717) is 50.4 Å². The number of nitrogens with zero attached hydrogens (tertiary/aromatic N) is 4. The molecule has 1 aromatic carbocycles.